The van der Waals surface area contributed by atoms with E-state index in [9.17, 15) is 0 Å². The molecule has 0 aliphatic heterocycles. The Morgan fingerprint density at radius 3 is 2.00 bits per heavy atom. The van der Waals surface area contributed by atoms with Crippen molar-refractivity contribution in [2.75, 3.05) is 7.05 Å². The maximum atomic E-state index is 3.87. The van der Waals surface area contributed by atoms with Crippen molar-refractivity contribution >= 4 is 16.5 Å². The van der Waals surface area contributed by atoms with Crippen LogP contribution in [-0.4, -0.2) is 18.2 Å². The van der Waals surface area contributed by atoms with Crippen molar-refractivity contribution < 1.29 is 0 Å². The van der Waals surface area contributed by atoms with Crippen molar-refractivity contribution in [1.29, 1.82) is 0 Å². The number of hydrogen-bond acceptors (Lipinski definition) is 1. The minimum Gasteiger partial charge on any atom is -0.273 e. The van der Waals surface area contributed by atoms with E-state index in [1.807, 2.05) is 7.05 Å². The maximum absolute atomic E-state index is 3.87. The van der Waals surface area contributed by atoms with E-state index in [0.717, 1.165) is 0 Å². The monoisotopic (exact) mass is 119 g/mol. The first-order valence-electron chi connectivity index (χ1n) is 2.38. The van der Waals surface area contributed by atoms with Crippen LogP contribution in [0.5, 0.6) is 0 Å². The van der Waals surface area contributed by atoms with Gasteiger partial charge >= 0.3 is 0 Å². The van der Waals surface area contributed by atoms with E-state index >= 15 is 0 Å². The Morgan fingerprint density at radius 1 is 1.57 bits per heavy atom. The zero-order valence-electron chi connectivity index (χ0n) is 5.19. The Hall–Kier alpha value is 0.180. The second-order valence-electron chi connectivity index (χ2n) is 1.68. The second kappa shape index (κ2) is 3.22. The average Bonchev–Trinajstić information content (AvgIpc) is 1.65. The van der Waals surface area contributed by atoms with E-state index in [2.05, 4.69) is 24.4 Å². The molecule has 0 amide bonds. The molecule has 1 N–H and O–H groups in total. The van der Waals surface area contributed by atoms with Crippen LogP contribution in [0.2, 0.25) is 0 Å². The first kappa shape index (κ1) is 7.18. The molecule has 0 spiro atoms. The highest BCUT2D eigenvalue weighted by atomic mass is 32.2. The maximum Gasteiger partial charge on any atom is 0.00670 e. The molecule has 0 aliphatic carbocycles. The van der Waals surface area contributed by atoms with E-state index in [1.54, 1.807) is 0 Å². The summed E-state index contributed by atoms with van der Waals surface area (Å²) in [6.07, 6.45) is 0. The quantitative estimate of drug-likeness (QED) is 0.539. The molecule has 1 unspecified atom stereocenters. The smallest absolute Gasteiger partial charge is 0.00670 e. The highest BCUT2D eigenvalue weighted by molar-refractivity contribution is 8.12. The minimum atomic E-state index is 0.171. The SMILES string of the molecule is C=S(NC)C(C)C. The lowest BCUT2D eigenvalue weighted by Gasteiger charge is -2.07. The molecule has 1 atom stereocenters. The molecule has 0 aromatic rings. The topological polar surface area (TPSA) is 12.0 Å². The number of rotatable bonds is 2. The molecule has 0 rings (SSSR count). The third-order valence-electron chi connectivity index (χ3n) is 0.831. The predicted octanol–water partition coefficient (Wildman–Crippen LogP) is 1.23. The molecule has 1 nitrogen and oxygen atoms in total. The van der Waals surface area contributed by atoms with Gasteiger partial charge in [-0.05, 0) is 7.05 Å². The van der Waals surface area contributed by atoms with Crippen LogP contribution in [-0.2, 0) is 0 Å². The zero-order valence-corrected chi connectivity index (χ0v) is 6.01. The van der Waals surface area contributed by atoms with Crippen LogP contribution in [0.4, 0.5) is 0 Å². The van der Waals surface area contributed by atoms with Crippen LogP contribution in [0.1, 0.15) is 13.8 Å². The average molecular weight is 119 g/mol. The molecule has 0 heterocycles. The molecule has 7 heavy (non-hydrogen) atoms. The summed E-state index contributed by atoms with van der Waals surface area (Å²) in [5.74, 6) is 3.87. The van der Waals surface area contributed by atoms with E-state index < -0.39 is 0 Å². The lowest BCUT2D eigenvalue weighted by Crippen LogP contribution is -2.03. The van der Waals surface area contributed by atoms with Crippen LogP contribution in [0.25, 0.3) is 0 Å². The van der Waals surface area contributed by atoms with Gasteiger partial charge in [0, 0.05) is 5.25 Å². The van der Waals surface area contributed by atoms with Gasteiger partial charge in [-0.15, -0.1) is 10.7 Å². The van der Waals surface area contributed by atoms with Gasteiger partial charge in [-0.25, -0.2) is 0 Å². The molecular weight excluding hydrogens is 106 g/mol. The number of hydrogen-bond donors (Lipinski definition) is 1. The fourth-order valence-corrected chi connectivity index (χ4v) is 0.707. The molecule has 0 fully saturated rings. The van der Waals surface area contributed by atoms with Gasteiger partial charge in [0.25, 0.3) is 0 Å². The highest BCUT2D eigenvalue weighted by Crippen LogP contribution is 2.08. The van der Waals surface area contributed by atoms with Crippen LogP contribution >= 0.6 is 10.7 Å². The van der Waals surface area contributed by atoms with Crippen molar-refractivity contribution in [3.63, 3.8) is 0 Å². The zero-order chi connectivity index (χ0) is 5.86. The normalized spacial score (nSPS) is 14.9. The van der Waals surface area contributed by atoms with Gasteiger partial charge in [0.05, 0.1) is 0 Å². The van der Waals surface area contributed by atoms with Crippen molar-refractivity contribution in [2.24, 2.45) is 0 Å². The van der Waals surface area contributed by atoms with Gasteiger partial charge in [-0.1, -0.05) is 19.7 Å². The molecule has 44 valence electrons. The van der Waals surface area contributed by atoms with Crippen LogP contribution in [0.3, 0.4) is 0 Å². The summed E-state index contributed by atoms with van der Waals surface area (Å²) in [4.78, 5) is 0. The fourth-order valence-electron chi connectivity index (χ4n) is 0.236. The molecular formula is C5H13NS. The van der Waals surface area contributed by atoms with Crippen molar-refractivity contribution in [3.05, 3.63) is 0 Å². The van der Waals surface area contributed by atoms with Crippen molar-refractivity contribution in [1.82, 2.24) is 4.72 Å². The second-order valence-corrected chi connectivity index (χ2v) is 3.89. The van der Waals surface area contributed by atoms with Gasteiger partial charge in [-0.3, -0.25) is 4.72 Å². The summed E-state index contributed by atoms with van der Waals surface area (Å²) < 4.78 is 3.08. The molecule has 0 bridgehead atoms. The van der Waals surface area contributed by atoms with Crippen LogP contribution in [0.15, 0.2) is 0 Å². The Bertz CT molecular complexity index is 68.5. The molecule has 2 heteroatoms. The van der Waals surface area contributed by atoms with E-state index in [4.69, 9.17) is 0 Å². The Morgan fingerprint density at radius 2 is 2.00 bits per heavy atom. The molecule has 0 saturated heterocycles. The third-order valence-corrected chi connectivity index (χ3v) is 2.49. The summed E-state index contributed by atoms with van der Waals surface area (Å²) >= 11 is 0. The summed E-state index contributed by atoms with van der Waals surface area (Å²) in [5, 5.41) is 0.671. The van der Waals surface area contributed by atoms with Gasteiger partial charge in [-0.2, -0.15) is 0 Å². The van der Waals surface area contributed by atoms with E-state index in [-0.39, 0.29) is 10.7 Å². The molecule has 0 aliphatic rings. The first-order chi connectivity index (χ1) is 3.18. The number of nitrogens with one attached hydrogen (secondary N) is 1. The van der Waals surface area contributed by atoms with Crippen LogP contribution < -0.4 is 4.72 Å². The Balaban J connectivity index is 3.35. The molecule has 0 saturated carbocycles. The summed E-state index contributed by atoms with van der Waals surface area (Å²) in [6.45, 7) is 4.32. The molecule has 0 aromatic heterocycles. The minimum absolute atomic E-state index is 0.171. The van der Waals surface area contributed by atoms with Crippen molar-refractivity contribution in [3.8, 4) is 0 Å². The van der Waals surface area contributed by atoms with Gasteiger partial charge < -0.3 is 0 Å². The third kappa shape index (κ3) is 2.83. The Labute approximate surface area is 48.2 Å². The standard InChI is InChI=1S/C5H13NS/c1-5(2)7(4)6-3/h5-6H,4H2,1-3H3. The lowest BCUT2D eigenvalue weighted by molar-refractivity contribution is 1.09. The van der Waals surface area contributed by atoms with Gasteiger partial charge in [0.2, 0.25) is 0 Å². The summed E-state index contributed by atoms with van der Waals surface area (Å²) in [5.41, 5.74) is 0. The van der Waals surface area contributed by atoms with E-state index in [0.29, 0.717) is 5.25 Å². The van der Waals surface area contributed by atoms with Crippen LogP contribution in [0, 0.1) is 0 Å². The lowest BCUT2D eigenvalue weighted by atomic mass is 10.6. The molecule has 0 radical (unpaired) electrons. The highest BCUT2D eigenvalue weighted by Gasteiger charge is 1.90. The molecule has 0 aromatic carbocycles. The van der Waals surface area contributed by atoms with Gasteiger partial charge in [0.15, 0.2) is 0 Å². The fraction of sp³-hybridized carbons (Fsp3) is 0.800. The predicted molar refractivity (Wildman–Crippen MR) is 38.9 cm³/mol. The van der Waals surface area contributed by atoms with E-state index in [1.165, 1.54) is 0 Å². The summed E-state index contributed by atoms with van der Waals surface area (Å²) in [7, 11) is 2.11. The van der Waals surface area contributed by atoms with Gasteiger partial charge in [0.1, 0.15) is 0 Å². The first-order valence-corrected chi connectivity index (χ1v) is 3.84. The Kier molecular flexibility index (Phi) is 3.30. The largest absolute Gasteiger partial charge is 0.273 e. The van der Waals surface area contributed by atoms with Crippen molar-refractivity contribution in [2.45, 2.75) is 19.1 Å². The summed E-state index contributed by atoms with van der Waals surface area (Å²) in [6, 6.07) is 0.